The summed E-state index contributed by atoms with van der Waals surface area (Å²) >= 11 is 0. The third-order valence-electron chi connectivity index (χ3n) is 0.821. The molecule has 0 aliphatic heterocycles. The van der Waals surface area contributed by atoms with Gasteiger partial charge in [0.1, 0.15) is 0 Å². The van der Waals surface area contributed by atoms with E-state index in [1.807, 2.05) is 0 Å². The van der Waals surface area contributed by atoms with Gasteiger partial charge in [0, 0.05) is 6.16 Å². The van der Waals surface area contributed by atoms with Gasteiger partial charge in [0.25, 0.3) is 0 Å². The van der Waals surface area contributed by atoms with Gasteiger partial charge in [0.2, 0.25) is 0 Å². The molecule has 0 atom stereocenters. The van der Waals surface area contributed by atoms with Crippen molar-refractivity contribution in [2.45, 2.75) is 13.3 Å². The number of carbonyl (C=O) groups excluding carboxylic acids is 1. The van der Waals surface area contributed by atoms with Crippen LogP contribution in [0.3, 0.4) is 0 Å². The van der Waals surface area contributed by atoms with Crippen molar-refractivity contribution in [1.29, 1.82) is 0 Å². The van der Waals surface area contributed by atoms with Gasteiger partial charge in [0.15, 0.2) is 8.38 Å². The van der Waals surface area contributed by atoms with Crippen LogP contribution in [-0.2, 0) is 9.53 Å². The molecule has 60 valence electrons. The number of hydrogen-bond acceptors (Lipinski definition) is 4. The number of carbonyl (C=O) groups is 1. The Hall–Kier alpha value is -0.180. The Kier molecular flexibility index (Phi) is 5.49. The predicted molar refractivity (Wildman–Crippen MR) is 37.5 cm³/mol. The summed E-state index contributed by atoms with van der Waals surface area (Å²) < 4.78 is 4.54. The molecule has 0 aromatic carbocycles. The fourth-order valence-corrected chi connectivity index (χ4v) is 0.807. The van der Waals surface area contributed by atoms with Crippen molar-refractivity contribution in [3.63, 3.8) is 0 Å². The van der Waals surface area contributed by atoms with E-state index < -0.39 is 8.38 Å². The highest BCUT2D eigenvalue weighted by Gasteiger charge is 2.04. The van der Waals surface area contributed by atoms with Crippen molar-refractivity contribution < 1.29 is 19.3 Å². The highest BCUT2D eigenvalue weighted by atomic mass is 31.2. The maximum Gasteiger partial charge on any atom is 0.306 e. The summed E-state index contributed by atoms with van der Waals surface area (Å²) in [5.74, 6) is -0.377. The second-order valence-electron chi connectivity index (χ2n) is 1.65. The summed E-state index contributed by atoms with van der Waals surface area (Å²) in [4.78, 5) is 27.3. The van der Waals surface area contributed by atoms with Crippen molar-refractivity contribution in [2.24, 2.45) is 0 Å². The molecule has 0 aromatic heterocycles. The zero-order valence-electron chi connectivity index (χ0n) is 5.78. The highest BCUT2D eigenvalue weighted by Crippen LogP contribution is 2.23. The molecule has 5 heteroatoms. The van der Waals surface area contributed by atoms with Crippen LogP contribution in [-0.4, -0.2) is 28.5 Å². The molecule has 0 saturated carbocycles. The molecule has 2 N–H and O–H groups in total. The Labute approximate surface area is 60.7 Å². The zero-order chi connectivity index (χ0) is 7.98. The summed E-state index contributed by atoms with van der Waals surface area (Å²) in [6.45, 7) is 2.05. The lowest BCUT2D eigenvalue weighted by molar-refractivity contribution is -0.142. The minimum Gasteiger partial charge on any atom is -0.466 e. The maximum atomic E-state index is 10.5. The van der Waals surface area contributed by atoms with Crippen molar-refractivity contribution >= 4 is 14.3 Å². The number of ether oxygens (including phenoxy) is 1. The summed E-state index contributed by atoms with van der Waals surface area (Å²) in [5.41, 5.74) is 0. The largest absolute Gasteiger partial charge is 0.466 e. The lowest BCUT2D eigenvalue weighted by atomic mass is 10.5. The van der Waals surface area contributed by atoms with Gasteiger partial charge in [-0.3, -0.25) is 4.79 Å². The molecule has 0 unspecified atom stereocenters. The second-order valence-corrected chi connectivity index (χ2v) is 2.84. The molecule has 0 amide bonds. The minimum atomic E-state index is -1.94. The number of hydrogen-bond donors (Lipinski definition) is 2. The Balaban J connectivity index is 3.22. The quantitative estimate of drug-likeness (QED) is 0.463. The molecule has 0 aliphatic carbocycles. The zero-order valence-corrected chi connectivity index (χ0v) is 6.67. The van der Waals surface area contributed by atoms with Gasteiger partial charge < -0.3 is 14.5 Å². The summed E-state index contributed by atoms with van der Waals surface area (Å²) in [5, 5.41) is 0. The SMILES string of the molecule is CCOC(=O)CCP(O)O. The fraction of sp³-hybridized carbons (Fsp3) is 0.800. The Morgan fingerprint density at radius 3 is 2.60 bits per heavy atom. The summed E-state index contributed by atoms with van der Waals surface area (Å²) in [6, 6.07) is 0. The summed E-state index contributed by atoms with van der Waals surface area (Å²) in [6.07, 6.45) is 0.195. The standard InChI is InChI=1S/C5H11O4P/c1-2-9-5(6)3-4-10(7)8/h7-8H,2-4H2,1H3. The smallest absolute Gasteiger partial charge is 0.306 e. The first-order chi connectivity index (χ1) is 4.66. The van der Waals surface area contributed by atoms with Gasteiger partial charge >= 0.3 is 5.97 Å². The first kappa shape index (κ1) is 9.82. The molecular weight excluding hydrogens is 155 g/mol. The molecule has 0 saturated heterocycles. The minimum absolute atomic E-state index is 0.0898. The third kappa shape index (κ3) is 5.95. The van der Waals surface area contributed by atoms with E-state index in [0.29, 0.717) is 6.61 Å². The first-order valence-corrected chi connectivity index (χ1v) is 4.41. The van der Waals surface area contributed by atoms with Crippen LogP contribution in [0, 0.1) is 0 Å². The second kappa shape index (κ2) is 5.59. The molecule has 10 heavy (non-hydrogen) atoms. The van der Waals surface area contributed by atoms with Gasteiger partial charge in [-0.15, -0.1) is 0 Å². The third-order valence-corrected chi connectivity index (χ3v) is 1.44. The Morgan fingerprint density at radius 1 is 1.60 bits per heavy atom. The van der Waals surface area contributed by atoms with E-state index in [1.54, 1.807) is 6.92 Å². The van der Waals surface area contributed by atoms with Crippen molar-refractivity contribution in [2.75, 3.05) is 12.8 Å². The molecule has 4 nitrogen and oxygen atoms in total. The van der Waals surface area contributed by atoms with Crippen LogP contribution < -0.4 is 0 Å². The van der Waals surface area contributed by atoms with Gasteiger partial charge in [-0.05, 0) is 6.92 Å². The van der Waals surface area contributed by atoms with Gasteiger partial charge in [-0.25, -0.2) is 0 Å². The normalized spacial score (nSPS) is 10.0. The van der Waals surface area contributed by atoms with E-state index in [4.69, 9.17) is 9.79 Å². The lowest BCUT2D eigenvalue weighted by Gasteiger charge is -2.01. The highest BCUT2D eigenvalue weighted by molar-refractivity contribution is 7.45. The van der Waals surface area contributed by atoms with Crippen molar-refractivity contribution in [3.8, 4) is 0 Å². The van der Waals surface area contributed by atoms with Crippen LogP contribution in [0.1, 0.15) is 13.3 Å². The predicted octanol–water partition coefficient (Wildman–Crippen LogP) is 0.236. The Morgan fingerprint density at radius 2 is 2.20 bits per heavy atom. The van der Waals surface area contributed by atoms with E-state index in [-0.39, 0.29) is 18.6 Å². The van der Waals surface area contributed by atoms with Crippen molar-refractivity contribution in [1.82, 2.24) is 0 Å². The van der Waals surface area contributed by atoms with E-state index in [1.165, 1.54) is 0 Å². The molecule has 0 spiro atoms. The molecule has 0 radical (unpaired) electrons. The molecule has 0 fully saturated rings. The van der Waals surface area contributed by atoms with E-state index >= 15 is 0 Å². The van der Waals surface area contributed by atoms with E-state index in [9.17, 15) is 4.79 Å². The van der Waals surface area contributed by atoms with Crippen LogP contribution in [0.2, 0.25) is 0 Å². The number of esters is 1. The van der Waals surface area contributed by atoms with Crippen LogP contribution >= 0.6 is 8.38 Å². The first-order valence-electron chi connectivity index (χ1n) is 2.97. The monoisotopic (exact) mass is 166 g/mol. The number of rotatable bonds is 4. The molecule has 0 bridgehead atoms. The molecule has 0 aromatic rings. The molecular formula is C5H11O4P. The van der Waals surface area contributed by atoms with Crippen LogP contribution in [0.25, 0.3) is 0 Å². The van der Waals surface area contributed by atoms with Crippen LogP contribution in [0.15, 0.2) is 0 Å². The van der Waals surface area contributed by atoms with Crippen molar-refractivity contribution in [3.05, 3.63) is 0 Å². The maximum absolute atomic E-state index is 10.5. The fourth-order valence-electron chi connectivity index (χ4n) is 0.424. The Bertz CT molecular complexity index is 104. The van der Waals surface area contributed by atoms with Gasteiger partial charge in [0.05, 0.1) is 13.0 Å². The van der Waals surface area contributed by atoms with Crippen LogP contribution in [0.4, 0.5) is 0 Å². The van der Waals surface area contributed by atoms with E-state index in [2.05, 4.69) is 4.74 Å². The average Bonchev–Trinajstić information content (AvgIpc) is 1.85. The summed E-state index contributed by atoms with van der Waals surface area (Å²) in [7, 11) is -1.94. The van der Waals surface area contributed by atoms with Gasteiger partial charge in [-0.2, -0.15) is 0 Å². The molecule has 0 aliphatic rings. The molecule has 0 heterocycles. The van der Waals surface area contributed by atoms with Gasteiger partial charge in [-0.1, -0.05) is 0 Å². The molecule has 0 rings (SSSR count). The topological polar surface area (TPSA) is 66.8 Å². The average molecular weight is 166 g/mol. The van der Waals surface area contributed by atoms with E-state index in [0.717, 1.165) is 0 Å². The van der Waals surface area contributed by atoms with Crippen LogP contribution in [0.5, 0.6) is 0 Å². The lowest BCUT2D eigenvalue weighted by Crippen LogP contribution is -2.05.